The molecular weight excluding hydrogens is 440 g/mol. The fourth-order valence-electron chi connectivity index (χ4n) is 2.98. The maximum atomic E-state index is 12.6. The third-order valence-electron chi connectivity index (χ3n) is 4.64. The molecule has 1 heterocycles. The molecule has 2 aromatic carbocycles. The van der Waals surface area contributed by atoms with Gasteiger partial charge in [-0.1, -0.05) is 12.1 Å². The first-order valence-electron chi connectivity index (χ1n) is 9.65. The van der Waals surface area contributed by atoms with Crippen LogP contribution >= 0.6 is 0 Å². The number of benzene rings is 2. The van der Waals surface area contributed by atoms with E-state index >= 15 is 0 Å². The Bertz CT molecular complexity index is 1090. The number of hydrogen-bond acceptors (Lipinski definition) is 8. The number of methoxy groups -OCH3 is 1. The molecule has 1 saturated heterocycles. The summed E-state index contributed by atoms with van der Waals surface area (Å²) in [5.41, 5.74) is 0.471. The maximum Gasteiger partial charge on any atom is 0.339 e. The zero-order valence-electron chi connectivity index (χ0n) is 17.3. The number of morpholine rings is 1. The second-order valence-electron chi connectivity index (χ2n) is 6.70. The molecule has 1 N–H and O–H groups in total. The van der Waals surface area contributed by atoms with Gasteiger partial charge in [-0.2, -0.15) is 4.31 Å². The van der Waals surface area contributed by atoms with Crippen LogP contribution in [0.15, 0.2) is 53.4 Å². The number of amides is 1. The van der Waals surface area contributed by atoms with Crippen molar-refractivity contribution in [3.8, 4) is 0 Å². The van der Waals surface area contributed by atoms with Crippen LogP contribution < -0.4 is 5.32 Å². The molecule has 170 valence electrons. The number of carbonyl (C=O) groups is 3. The number of ether oxygens (including phenoxy) is 3. The summed E-state index contributed by atoms with van der Waals surface area (Å²) in [7, 11) is -2.46. The van der Waals surface area contributed by atoms with E-state index in [1.165, 1.54) is 47.8 Å². The van der Waals surface area contributed by atoms with Crippen molar-refractivity contribution in [1.82, 2.24) is 4.31 Å². The predicted octanol–water partition coefficient (Wildman–Crippen LogP) is 1.29. The largest absolute Gasteiger partial charge is 0.465 e. The van der Waals surface area contributed by atoms with Crippen molar-refractivity contribution < 1.29 is 37.0 Å². The van der Waals surface area contributed by atoms with Crippen molar-refractivity contribution in [3.05, 3.63) is 59.7 Å². The minimum Gasteiger partial charge on any atom is -0.465 e. The molecule has 0 saturated carbocycles. The average molecular weight is 462 g/mol. The highest BCUT2D eigenvalue weighted by Crippen LogP contribution is 2.18. The van der Waals surface area contributed by atoms with Gasteiger partial charge in [0.05, 0.1) is 42.0 Å². The van der Waals surface area contributed by atoms with E-state index in [9.17, 15) is 22.8 Å². The Hall–Kier alpha value is -3.28. The van der Waals surface area contributed by atoms with Gasteiger partial charge >= 0.3 is 11.9 Å². The summed E-state index contributed by atoms with van der Waals surface area (Å²) in [5, 5.41) is 2.49. The minimum absolute atomic E-state index is 0.0492. The van der Waals surface area contributed by atoms with Crippen LogP contribution in [0.4, 0.5) is 5.69 Å². The van der Waals surface area contributed by atoms with Gasteiger partial charge in [0.25, 0.3) is 5.91 Å². The fraction of sp³-hybridized carbons (Fsp3) is 0.286. The molecule has 11 heteroatoms. The second-order valence-corrected chi connectivity index (χ2v) is 8.64. The van der Waals surface area contributed by atoms with Gasteiger partial charge < -0.3 is 19.5 Å². The van der Waals surface area contributed by atoms with Crippen molar-refractivity contribution in [3.63, 3.8) is 0 Å². The van der Waals surface area contributed by atoms with Crippen LogP contribution in [0, 0.1) is 0 Å². The van der Waals surface area contributed by atoms with Crippen molar-refractivity contribution in [2.75, 3.05) is 45.3 Å². The van der Waals surface area contributed by atoms with Crippen LogP contribution in [-0.2, 0) is 29.0 Å². The molecule has 2 aromatic rings. The lowest BCUT2D eigenvalue weighted by molar-refractivity contribution is -0.119. The summed E-state index contributed by atoms with van der Waals surface area (Å²) in [5.74, 6) is -2.07. The number of nitrogens with one attached hydrogen (secondary N) is 1. The summed E-state index contributed by atoms with van der Waals surface area (Å²) < 4.78 is 41.4. The molecule has 0 radical (unpaired) electrons. The highest BCUT2D eigenvalue weighted by atomic mass is 32.2. The number of nitrogens with zero attached hydrogens (tertiary/aromatic N) is 1. The Morgan fingerprint density at radius 1 is 1.00 bits per heavy atom. The SMILES string of the molecule is COC(=O)c1ccccc1NC(=O)COC(=O)c1ccc(S(=O)(=O)N2CCOCC2)cc1. The van der Waals surface area contributed by atoms with E-state index in [-0.39, 0.29) is 34.8 Å². The third-order valence-corrected chi connectivity index (χ3v) is 6.55. The minimum atomic E-state index is -3.68. The Kier molecular flexibility index (Phi) is 7.57. The van der Waals surface area contributed by atoms with E-state index in [1.54, 1.807) is 12.1 Å². The van der Waals surface area contributed by atoms with Crippen molar-refractivity contribution in [2.24, 2.45) is 0 Å². The number of sulfonamides is 1. The lowest BCUT2D eigenvalue weighted by Crippen LogP contribution is -2.40. The number of para-hydroxylation sites is 1. The molecule has 0 aromatic heterocycles. The zero-order valence-corrected chi connectivity index (χ0v) is 18.1. The second kappa shape index (κ2) is 10.4. The van der Waals surface area contributed by atoms with Gasteiger partial charge in [0.15, 0.2) is 6.61 Å². The Labute approximate surface area is 185 Å². The molecule has 3 rings (SSSR count). The highest BCUT2D eigenvalue weighted by molar-refractivity contribution is 7.89. The molecule has 10 nitrogen and oxygen atoms in total. The van der Waals surface area contributed by atoms with Crippen LogP contribution in [0.1, 0.15) is 20.7 Å². The summed E-state index contributed by atoms with van der Waals surface area (Å²) in [6, 6.07) is 11.5. The topological polar surface area (TPSA) is 128 Å². The lowest BCUT2D eigenvalue weighted by atomic mass is 10.2. The first kappa shape index (κ1) is 23.4. The Morgan fingerprint density at radius 2 is 1.66 bits per heavy atom. The molecule has 1 fully saturated rings. The number of esters is 2. The molecule has 0 atom stereocenters. The lowest BCUT2D eigenvalue weighted by Gasteiger charge is -2.26. The van der Waals surface area contributed by atoms with Crippen LogP contribution in [0.25, 0.3) is 0 Å². The van der Waals surface area contributed by atoms with Crippen LogP contribution in [0.5, 0.6) is 0 Å². The smallest absolute Gasteiger partial charge is 0.339 e. The number of rotatable bonds is 7. The first-order valence-corrected chi connectivity index (χ1v) is 11.1. The van der Waals surface area contributed by atoms with Gasteiger partial charge in [-0.3, -0.25) is 4.79 Å². The van der Waals surface area contributed by atoms with Gasteiger partial charge in [0, 0.05) is 13.1 Å². The standard InChI is InChI=1S/C21H22N2O8S/c1-29-21(26)17-4-2-3-5-18(17)22-19(24)14-31-20(25)15-6-8-16(9-7-15)32(27,28)23-10-12-30-13-11-23/h2-9H,10-14H2,1H3,(H,22,24). The highest BCUT2D eigenvalue weighted by Gasteiger charge is 2.26. The monoisotopic (exact) mass is 462 g/mol. The Morgan fingerprint density at radius 3 is 2.31 bits per heavy atom. The third kappa shape index (κ3) is 5.49. The molecular formula is C21H22N2O8S. The molecule has 0 spiro atoms. The van der Waals surface area contributed by atoms with E-state index in [4.69, 9.17) is 9.47 Å². The van der Waals surface area contributed by atoms with Gasteiger partial charge in [-0.15, -0.1) is 0 Å². The van der Waals surface area contributed by atoms with Gasteiger partial charge in [-0.25, -0.2) is 18.0 Å². The van der Waals surface area contributed by atoms with E-state index in [1.807, 2.05) is 0 Å². The zero-order chi connectivity index (χ0) is 23.1. The summed E-state index contributed by atoms with van der Waals surface area (Å²) >= 11 is 0. The van der Waals surface area contributed by atoms with Crippen LogP contribution in [0.3, 0.4) is 0 Å². The van der Waals surface area contributed by atoms with Gasteiger partial charge in [0.2, 0.25) is 10.0 Å². The van der Waals surface area contributed by atoms with E-state index < -0.39 is 34.5 Å². The van der Waals surface area contributed by atoms with Crippen molar-refractivity contribution in [2.45, 2.75) is 4.90 Å². The van der Waals surface area contributed by atoms with E-state index in [2.05, 4.69) is 10.1 Å². The molecule has 1 aliphatic heterocycles. The number of carbonyl (C=O) groups excluding carboxylic acids is 3. The normalized spacial score (nSPS) is 14.4. The van der Waals surface area contributed by atoms with E-state index in [0.29, 0.717) is 13.2 Å². The molecule has 0 aliphatic carbocycles. The molecule has 32 heavy (non-hydrogen) atoms. The van der Waals surface area contributed by atoms with Crippen molar-refractivity contribution in [1.29, 1.82) is 0 Å². The number of anilines is 1. The van der Waals surface area contributed by atoms with Crippen molar-refractivity contribution >= 4 is 33.6 Å². The first-order chi connectivity index (χ1) is 15.3. The van der Waals surface area contributed by atoms with Gasteiger partial charge in [-0.05, 0) is 36.4 Å². The average Bonchev–Trinajstić information content (AvgIpc) is 2.83. The fourth-order valence-corrected chi connectivity index (χ4v) is 4.39. The van der Waals surface area contributed by atoms with Crippen LogP contribution in [-0.4, -0.2) is 70.6 Å². The van der Waals surface area contributed by atoms with E-state index in [0.717, 1.165) is 0 Å². The number of hydrogen-bond donors (Lipinski definition) is 1. The molecule has 0 unspecified atom stereocenters. The summed E-state index contributed by atoms with van der Waals surface area (Å²) in [6.45, 7) is 0.592. The Balaban J connectivity index is 1.58. The quantitative estimate of drug-likeness (QED) is 0.610. The van der Waals surface area contributed by atoms with Crippen LogP contribution in [0.2, 0.25) is 0 Å². The van der Waals surface area contributed by atoms with Gasteiger partial charge in [0.1, 0.15) is 0 Å². The molecule has 0 bridgehead atoms. The molecule has 1 amide bonds. The maximum absolute atomic E-state index is 12.6. The summed E-state index contributed by atoms with van der Waals surface area (Å²) in [4.78, 5) is 36.2. The summed E-state index contributed by atoms with van der Waals surface area (Å²) in [6.07, 6.45) is 0. The predicted molar refractivity (Wildman–Crippen MR) is 113 cm³/mol. The molecule has 1 aliphatic rings.